The summed E-state index contributed by atoms with van der Waals surface area (Å²) in [5.74, 6) is -0.938. The molecule has 0 aliphatic heterocycles. The summed E-state index contributed by atoms with van der Waals surface area (Å²) in [6.45, 7) is 0. The molecule has 0 aliphatic rings. The molecule has 0 saturated heterocycles. The molecule has 0 amide bonds. The number of aromatic nitrogens is 2. The number of fused-ring (bicyclic) bond motifs is 1. The van der Waals surface area contributed by atoms with Crippen molar-refractivity contribution in [1.29, 1.82) is 0 Å². The van der Waals surface area contributed by atoms with Gasteiger partial charge in [0.1, 0.15) is 5.03 Å². The highest BCUT2D eigenvalue weighted by Crippen LogP contribution is 2.33. The molecule has 2 aromatic carbocycles. The van der Waals surface area contributed by atoms with Gasteiger partial charge >= 0.3 is 6.18 Å². The van der Waals surface area contributed by atoms with E-state index in [1.165, 1.54) is 32.3 Å². The average Bonchev–Trinajstić information content (AvgIpc) is 2.65. The fourth-order valence-electron chi connectivity index (χ4n) is 2.44. The van der Waals surface area contributed by atoms with Crippen molar-refractivity contribution in [2.24, 2.45) is 0 Å². The van der Waals surface area contributed by atoms with Crippen molar-refractivity contribution in [3.05, 3.63) is 59.9 Å². The molecule has 0 bridgehead atoms. The van der Waals surface area contributed by atoms with Crippen molar-refractivity contribution in [2.45, 2.75) is 21.9 Å². The van der Waals surface area contributed by atoms with E-state index in [-0.39, 0.29) is 21.2 Å². The molecule has 1 aromatic heterocycles. The van der Waals surface area contributed by atoms with E-state index in [9.17, 15) is 21.6 Å². The van der Waals surface area contributed by atoms with E-state index in [4.69, 9.17) is 0 Å². The minimum atomic E-state index is -4.65. The quantitative estimate of drug-likeness (QED) is 0.451. The van der Waals surface area contributed by atoms with Crippen LogP contribution < -0.4 is 0 Å². The summed E-state index contributed by atoms with van der Waals surface area (Å²) >= 11 is 1.10. The first-order chi connectivity index (χ1) is 13.1. The third-order valence-electron chi connectivity index (χ3n) is 3.87. The molecule has 0 fully saturated rings. The van der Waals surface area contributed by atoms with Crippen LogP contribution in [0.3, 0.4) is 0 Å². The third kappa shape index (κ3) is 4.29. The number of halogens is 3. The van der Waals surface area contributed by atoms with Crippen LogP contribution in [0.1, 0.15) is 11.4 Å². The lowest BCUT2D eigenvalue weighted by Crippen LogP contribution is -2.22. The smallest absolute Gasteiger partial charge is 0.224 e. The maximum atomic E-state index is 13.1. The van der Waals surface area contributed by atoms with Crippen LogP contribution in [0.2, 0.25) is 0 Å². The van der Waals surface area contributed by atoms with Gasteiger partial charge in [0.05, 0.1) is 10.4 Å². The number of thioether (sulfide) groups is 1. The Morgan fingerprint density at radius 2 is 1.75 bits per heavy atom. The number of para-hydroxylation sites is 1. The minimum Gasteiger partial charge on any atom is -0.224 e. The van der Waals surface area contributed by atoms with Crippen molar-refractivity contribution >= 4 is 32.7 Å². The van der Waals surface area contributed by atoms with Gasteiger partial charge in [-0.25, -0.2) is 22.7 Å². The first-order valence-corrected chi connectivity index (χ1v) is 10.5. The Kier molecular flexibility index (Phi) is 5.64. The number of hydrogen-bond acceptors (Lipinski definition) is 5. The Morgan fingerprint density at radius 1 is 1.04 bits per heavy atom. The predicted octanol–water partition coefficient (Wildman–Crippen LogP) is 4.19. The lowest BCUT2D eigenvalue weighted by Gasteiger charge is -2.13. The van der Waals surface area contributed by atoms with E-state index >= 15 is 0 Å². The first-order valence-electron chi connectivity index (χ1n) is 8.07. The minimum absolute atomic E-state index is 0.124. The van der Waals surface area contributed by atoms with Crippen LogP contribution in [0.5, 0.6) is 0 Å². The lowest BCUT2D eigenvalue weighted by atomic mass is 10.2. The molecule has 0 spiro atoms. The van der Waals surface area contributed by atoms with Crippen molar-refractivity contribution in [1.82, 2.24) is 14.3 Å². The fraction of sp³-hybridized carbons (Fsp3) is 0.222. The zero-order chi connectivity index (χ0) is 20.5. The van der Waals surface area contributed by atoms with Gasteiger partial charge < -0.3 is 0 Å². The highest BCUT2D eigenvalue weighted by molar-refractivity contribution is 7.98. The fourth-order valence-corrected chi connectivity index (χ4v) is 4.38. The summed E-state index contributed by atoms with van der Waals surface area (Å²) in [4.78, 5) is 7.40. The second-order valence-electron chi connectivity index (χ2n) is 6.09. The molecule has 0 radical (unpaired) electrons. The number of nitrogens with zero attached hydrogens (tertiary/aromatic N) is 3. The number of hydrogen-bond donors (Lipinski definition) is 0. The molecule has 10 heteroatoms. The van der Waals surface area contributed by atoms with Gasteiger partial charge in [-0.3, -0.25) is 0 Å². The normalized spacial score (nSPS) is 12.6. The van der Waals surface area contributed by atoms with Crippen molar-refractivity contribution in [3.63, 3.8) is 0 Å². The lowest BCUT2D eigenvalue weighted by molar-refractivity contribution is -0.145. The van der Waals surface area contributed by atoms with Crippen LogP contribution in [-0.2, 0) is 22.0 Å². The van der Waals surface area contributed by atoms with Crippen LogP contribution in [0.25, 0.3) is 10.9 Å². The molecule has 3 rings (SSSR count). The van der Waals surface area contributed by atoms with Crippen LogP contribution in [0.4, 0.5) is 13.2 Å². The first kappa shape index (κ1) is 20.6. The van der Waals surface area contributed by atoms with E-state index in [0.29, 0.717) is 10.9 Å². The second-order valence-corrected chi connectivity index (χ2v) is 9.21. The second kappa shape index (κ2) is 7.69. The Bertz CT molecular complexity index is 1120. The van der Waals surface area contributed by atoms with E-state index in [2.05, 4.69) is 9.97 Å². The topological polar surface area (TPSA) is 63.2 Å². The van der Waals surface area contributed by atoms with Crippen LogP contribution >= 0.6 is 11.8 Å². The molecule has 0 saturated carbocycles. The molecule has 3 aromatic rings. The zero-order valence-electron chi connectivity index (χ0n) is 14.9. The molecule has 0 unspecified atom stereocenters. The summed E-state index contributed by atoms with van der Waals surface area (Å²) in [5, 5.41) is 0.705. The number of sulfonamides is 1. The van der Waals surface area contributed by atoms with Gasteiger partial charge in [-0.2, -0.15) is 13.2 Å². The van der Waals surface area contributed by atoms with Crippen LogP contribution in [-0.4, -0.2) is 36.8 Å². The monoisotopic (exact) mass is 427 g/mol. The molecule has 1 heterocycles. The van der Waals surface area contributed by atoms with Gasteiger partial charge in [0.2, 0.25) is 15.8 Å². The molecule has 0 atom stereocenters. The molecule has 0 N–H and O–H groups in total. The Morgan fingerprint density at radius 3 is 2.43 bits per heavy atom. The maximum Gasteiger partial charge on any atom is 0.451 e. The Hall–Kier alpha value is -2.17. The Balaban J connectivity index is 1.94. The van der Waals surface area contributed by atoms with Crippen molar-refractivity contribution in [2.75, 3.05) is 14.1 Å². The van der Waals surface area contributed by atoms with Gasteiger partial charge in [0.15, 0.2) is 0 Å². The van der Waals surface area contributed by atoms with E-state index < -0.39 is 22.0 Å². The molecule has 0 aliphatic carbocycles. The highest BCUT2D eigenvalue weighted by Gasteiger charge is 2.35. The molecule has 28 heavy (non-hydrogen) atoms. The van der Waals surface area contributed by atoms with Crippen LogP contribution in [0.15, 0.2) is 58.5 Å². The van der Waals surface area contributed by atoms with Crippen molar-refractivity contribution in [3.8, 4) is 0 Å². The zero-order valence-corrected chi connectivity index (χ0v) is 16.6. The van der Waals surface area contributed by atoms with Crippen LogP contribution in [0, 0.1) is 0 Å². The summed E-state index contributed by atoms with van der Waals surface area (Å²) in [7, 11) is -0.727. The Labute approximate surface area is 164 Å². The van der Waals surface area contributed by atoms with E-state index in [1.54, 1.807) is 30.3 Å². The average molecular weight is 427 g/mol. The SMILES string of the molecule is CN(C)S(=O)(=O)c1cccc(CSc2nc(C(F)(F)F)nc3ccccc23)c1. The highest BCUT2D eigenvalue weighted by atomic mass is 32.2. The van der Waals surface area contributed by atoms with Gasteiger partial charge in [-0.15, -0.1) is 11.8 Å². The summed E-state index contributed by atoms with van der Waals surface area (Å²) in [6, 6.07) is 12.8. The molecule has 5 nitrogen and oxygen atoms in total. The molecular weight excluding hydrogens is 411 g/mol. The van der Waals surface area contributed by atoms with Gasteiger partial charge in [0.25, 0.3) is 0 Å². The number of alkyl halides is 3. The van der Waals surface area contributed by atoms with Gasteiger partial charge in [0, 0.05) is 25.2 Å². The number of benzene rings is 2. The third-order valence-corrected chi connectivity index (χ3v) is 6.75. The number of rotatable bonds is 5. The van der Waals surface area contributed by atoms with Crippen molar-refractivity contribution < 1.29 is 21.6 Å². The predicted molar refractivity (Wildman–Crippen MR) is 101 cm³/mol. The standard InChI is InChI=1S/C18H16F3N3O2S2/c1-24(2)28(25,26)13-7-5-6-12(10-13)11-27-16-14-8-3-4-9-15(14)22-17(23-16)18(19,20)21/h3-10H,11H2,1-2H3. The van der Waals surface area contributed by atoms with Gasteiger partial charge in [-0.1, -0.05) is 30.3 Å². The van der Waals surface area contributed by atoms with E-state index in [0.717, 1.165) is 16.1 Å². The largest absolute Gasteiger partial charge is 0.451 e. The molecular formula is C18H16F3N3O2S2. The molecule has 148 valence electrons. The maximum absolute atomic E-state index is 13.1. The summed E-state index contributed by atoms with van der Waals surface area (Å²) < 4.78 is 65.0. The van der Waals surface area contributed by atoms with E-state index in [1.807, 2.05) is 0 Å². The summed E-state index contributed by atoms with van der Waals surface area (Å²) in [5.41, 5.74) is 0.862. The van der Waals surface area contributed by atoms with Gasteiger partial charge in [-0.05, 0) is 23.8 Å². The summed E-state index contributed by atoms with van der Waals surface area (Å²) in [6.07, 6.45) is -4.65.